The minimum atomic E-state index is 0.186. The zero-order valence-electron chi connectivity index (χ0n) is 12.6. The number of amides is 1. The average Bonchev–Trinajstić information content (AvgIpc) is 2.61. The molecule has 1 aliphatic carbocycles. The van der Waals surface area contributed by atoms with Gasteiger partial charge in [-0.3, -0.25) is 4.79 Å². The zero-order valence-corrected chi connectivity index (χ0v) is 12.6. The predicted octanol–water partition coefficient (Wildman–Crippen LogP) is 2.93. The molecule has 4 atom stereocenters. The Kier molecular flexibility index (Phi) is 5.26. The SMILES string of the molecule is CCC1CCCCCN1C(=O)C1CC(C)CC(N)C1. The summed E-state index contributed by atoms with van der Waals surface area (Å²) < 4.78 is 0. The molecule has 3 nitrogen and oxygen atoms in total. The van der Waals surface area contributed by atoms with E-state index in [2.05, 4.69) is 18.7 Å². The highest BCUT2D eigenvalue weighted by molar-refractivity contribution is 5.79. The highest BCUT2D eigenvalue weighted by atomic mass is 16.2. The highest BCUT2D eigenvalue weighted by Crippen LogP contribution is 2.31. The molecule has 2 rings (SSSR count). The van der Waals surface area contributed by atoms with E-state index in [4.69, 9.17) is 5.73 Å². The monoisotopic (exact) mass is 266 g/mol. The molecule has 1 heterocycles. The van der Waals surface area contributed by atoms with E-state index in [1.165, 1.54) is 25.7 Å². The second-order valence-corrected chi connectivity index (χ2v) is 6.71. The van der Waals surface area contributed by atoms with Gasteiger partial charge in [0.15, 0.2) is 0 Å². The van der Waals surface area contributed by atoms with Crippen molar-refractivity contribution in [2.24, 2.45) is 17.6 Å². The quantitative estimate of drug-likeness (QED) is 0.835. The molecule has 0 aromatic rings. The van der Waals surface area contributed by atoms with Crippen LogP contribution >= 0.6 is 0 Å². The molecule has 19 heavy (non-hydrogen) atoms. The van der Waals surface area contributed by atoms with Gasteiger partial charge in [0.05, 0.1) is 0 Å². The van der Waals surface area contributed by atoms with Gasteiger partial charge in [-0.05, 0) is 44.4 Å². The molecule has 0 aromatic heterocycles. The second-order valence-electron chi connectivity index (χ2n) is 6.71. The van der Waals surface area contributed by atoms with Crippen LogP contribution in [0.3, 0.4) is 0 Å². The minimum absolute atomic E-state index is 0.186. The molecule has 2 fully saturated rings. The lowest BCUT2D eigenvalue weighted by Crippen LogP contribution is -2.46. The van der Waals surface area contributed by atoms with Crippen molar-refractivity contribution in [2.45, 2.75) is 77.3 Å². The summed E-state index contributed by atoms with van der Waals surface area (Å²) in [5.41, 5.74) is 6.11. The number of nitrogens with two attached hydrogens (primary N) is 1. The van der Waals surface area contributed by atoms with E-state index < -0.39 is 0 Å². The Labute approximate surface area is 117 Å². The van der Waals surface area contributed by atoms with Gasteiger partial charge in [0.25, 0.3) is 0 Å². The molecule has 2 aliphatic rings. The molecular weight excluding hydrogens is 236 g/mol. The summed E-state index contributed by atoms with van der Waals surface area (Å²) in [6, 6.07) is 0.702. The van der Waals surface area contributed by atoms with Crippen LogP contribution in [-0.2, 0) is 4.79 Å². The number of carbonyl (C=O) groups is 1. The first-order chi connectivity index (χ1) is 9.11. The van der Waals surface area contributed by atoms with Crippen LogP contribution < -0.4 is 5.73 Å². The van der Waals surface area contributed by atoms with Gasteiger partial charge in [0.1, 0.15) is 0 Å². The predicted molar refractivity (Wildman–Crippen MR) is 78.7 cm³/mol. The Bertz CT molecular complexity index is 295. The molecule has 4 unspecified atom stereocenters. The number of likely N-dealkylation sites (tertiary alicyclic amines) is 1. The molecule has 2 N–H and O–H groups in total. The Morgan fingerprint density at radius 1 is 1.21 bits per heavy atom. The molecule has 3 heteroatoms. The number of hydrogen-bond donors (Lipinski definition) is 1. The van der Waals surface area contributed by atoms with Crippen molar-refractivity contribution in [3.05, 3.63) is 0 Å². The summed E-state index contributed by atoms with van der Waals surface area (Å²) in [5.74, 6) is 1.19. The van der Waals surface area contributed by atoms with Crippen LogP contribution in [0.5, 0.6) is 0 Å². The maximum absolute atomic E-state index is 12.8. The van der Waals surface area contributed by atoms with E-state index in [-0.39, 0.29) is 12.0 Å². The third-order valence-corrected chi connectivity index (χ3v) is 4.96. The summed E-state index contributed by atoms with van der Waals surface area (Å²) in [5, 5.41) is 0. The molecule has 1 amide bonds. The lowest BCUT2D eigenvalue weighted by Gasteiger charge is -2.37. The number of nitrogens with zero attached hydrogens (tertiary/aromatic N) is 1. The standard InChI is InChI=1S/C16H30N2O/c1-3-15-7-5-4-6-8-18(15)16(19)13-9-12(2)10-14(17)11-13/h12-15H,3-11,17H2,1-2H3. The van der Waals surface area contributed by atoms with E-state index >= 15 is 0 Å². The Morgan fingerprint density at radius 3 is 2.68 bits per heavy atom. The van der Waals surface area contributed by atoms with Gasteiger partial charge < -0.3 is 10.6 Å². The first kappa shape index (κ1) is 14.8. The smallest absolute Gasteiger partial charge is 0.225 e. The van der Waals surface area contributed by atoms with Crippen LogP contribution in [0.4, 0.5) is 0 Å². The van der Waals surface area contributed by atoms with Crippen molar-refractivity contribution in [3.63, 3.8) is 0 Å². The molecule has 1 aliphatic heterocycles. The third-order valence-electron chi connectivity index (χ3n) is 4.96. The maximum Gasteiger partial charge on any atom is 0.225 e. The molecular formula is C16H30N2O. The van der Waals surface area contributed by atoms with Crippen molar-refractivity contribution < 1.29 is 4.79 Å². The van der Waals surface area contributed by atoms with Crippen molar-refractivity contribution in [2.75, 3.05) is 6.54 Å². The van der Waals surface area contributed by atoms with Crippen molar-refractivity contribution in [1.82, 2.24) is 4.90 Å². The summed E-state index contributed by atoms with van der Waals surface area (Å²) in [4.78, 5) is 15.0. The maximum atomic E-state index is 12.8. The molecule has 110 valence electrons. The number of rotatable bonds is 2. The lowest BCUT2D eigenvalue weighted by atomic mass is 9.79. The molecule has 0 spiro atoms. The van der Waals surface area contributed by atoms with Gasteiger partial charge in [0.2, 0.25) is 5.91 Å². The summed E-state index contributed by atoms with van der Waals surface area (Å²) in [6.07, 6.45) is 9.05. The van der Waals surface area contributed by atoms with Gasteiger partial charge in [0, 0.05) is 24.5 Å². The normalized spacial score (nSPS) is 36.9. The molecule has 1 saturated heterocycles. The average molecular weight is 266 g/mol. The van der Waals surface area contributed by atoms with Crippen LogP contribution in [0.15, 0.2) is 0 Å². The molecule has 1 saturated carbocycles. The first-order valence-electron chi connectivity index (χ1n) is 8.17. The van der Waals surface area contributed by atoms with Crippen LogP contribution in [0.1, 0.15) is 65.2 Å². The van der Waals surface area contributed by atoms with Crippen molar-refractivity contribution in [3.8, 4) is 0 Å². The van der Waals surface area contributed by atoms with Gasteiger partial charge in [-0.15, -0.1) is 0 Å². The van der Waals surface area contributed by atoms with E-state index in [9.17, 15) is 4.79 Å². The molecule has 0 radical (unpaired) electrons. The van der Waals surface area contributed by atoms with Crippen LogP contribution in [0.25, 0.3) is 0 Å². The number of carbonyl (C=O) groups excluding carboxylic acids is 1. The second kappa shape index (κ2) is 6.74. The summed E-state index contributed by atoms with van der Waals surface area (Å²) >= 11 is 0. The fourth-order valence-corrected chi connectivity index (χ4v) is 3.98. The molecule has 0 bridgehead atoms. The minimum Gasteiger partial charge on any atom is -0.339 e. The summed E-state index contributed by atoms with van der Waals surface area (Å²) in [6.45, 7) is 5.42. The fourth-order valence-electron chi connectivity index (χ4n) is 3.98. The number of hydrogen-bond acceptors (Lipinski definition) is 2. The topological polar surface area (TPSA) is 46.3 Å². The van der Waals surface area contributed by atoms with Gasteiger partial charge in [-0.25, -0.2) is 0 Å². The first-order valence-corrected chi connectivity index (χ1v) is 8.17. The third kappa shape index (κ3) is 3.71. The highest BCUT2D eigenvalue weighted by Gasteiger charge is 2.34. The lowest BCUT2D eigenvalue weighted by molar-refractivity contribution is -0.139. The van der Waals surface area contributed by atoms with Gasteiger partial charge in [-0.1, -0.05) is 26.7 Å². The van der Waals surface area contributed by atoms with E-state index in [0.717, 1.165) is 32.2 Å². The largest absolute Gasteiger partial charge is 0.339 e. The van der Waals surface area contributed by atoms with Gasteiger partial charge in [-0.2, -0.15) is 0 Å². The fraction of sp³-hybridized carbons (Fsp3) is 0.938. The van der Waals surface area contributed by atoms with Crippen molar-refractivity contribution in [1.29, 1.82) is 0 Å². The molecule has 0 aromatic carbocycles. The van der Waals surface area contributed by atoms with Crippen LogP contribution in [0.2, 0.25) is 0 Å². The summed E-state index contributed by atoms with van der Waals surface area (Å²) in [7, 11) is 0. The van der Waals surface area contributed by atoms with Crippen LogP contribution in [0, 0.1) is 11.8 Å². The zero-order chi connectivity index (χ0) is 13.8. The Morgan fingerprint density at radius 2 is 2.00 bits per heavy atom. The van der Waals surface area contributed by atoms with Crippen LogP contribution in [-0.4, -0.2) is 29.4 Å². The van der Waals surface area contributed by atoms with Crippen molar-refractivity contribution >= 4 is 5.91 Å². The van der Waals surface area contributed by atoms with E-state index in [1.807, 2.05) is 0 Å². The van der Waals surface area contributed by atoms with Gasteiger partial charge >= 0.3 is 0 Å². The van der Waals surface area contributed by atoms with E-state index in [0.29, 0.717) is 17.9 Å². The Hall–Kier alpha value is -0.570. The Balaban J connectivity index is 2.03. The van der Waals surface area contributed by atoms with E-state index in [1.54, 1.807) is 0 Å².